The van der Waals surface area contributed by atoms with Gasteiger partial charge in [-0.05, 0) is 31.2 Å². The minimum absolute atomic E-state index is 0.0470. The number of nitrogens with one attached hydrogen (secondary N) is 1. The molecule has 5 nitrogen and oxygen atoms in total. The first-order valence-corrected chi connectivity index (χ1v) is 7.14. The summed E-state index contributed by atoms with van der Waals surface area (Å²) in [6.07, 6.45) is 3.19. The maximum absolute atomic E-state index is 13.2. The van der Waals surface area contributed by atoms with Gasteiger partial charge in [-0.15, -0.1) is 0 Å². The predicted molar refractivity (Wildman–Crippen MR) is 83.2 cm³/mol. The van der Waals surface area contributed by atoms with Crippen molar-refractivity contribution in [3.8, 4) is 11.5 Å². The molecule has 1 N–H and O–H groups in total. The zero-order valence-corrected chi connectivity index (χ0v) is 12.7. The van der Waals surface area contributed by atoms with Crippen LogP contribution in [-0.2, 0) is 11.2 Å². The number of benzene rings is 1. The molecule has 0 bridgehead atoms. The highest BCUT2D eigenvalue weighted by Crippen LogP contribution is 2.21. The second kappa shape index (κ2) is 6.57. The van der Waals surface area contributed by atoms with Crippen LogP contribution in [0.15, 0.2) is 47.1 Å². The van der Waals surface area contributed by atoms with Gasteiger partial charge in [0.15, 0.2) is 11.6 Å². The average Bonchev–Trinajstić information content (AvgIpc) is 2.93. The molecule has 3 aromatic rings. The standard InChI is InChI=1S/C17H13F2N3O2/c1-10-15(22-17(24-10)11-3-2-6-20-9-11)8-16(23)21-12-4-5-13(18)14(19)7-12/h2-7,9H,8H2,1H3,(H,21,23). The lowest BCUT2D eigenvalue weighted by Gasteiger charge is -2.04. The number of halogens is 2. The molecule has 0 aliphatic carbocycles. The van der Waals surface area contributed by atoms with E-state index >= 15 is 0 Å². The molecule has 122 valence electrons. The second-order valence-corrected chi connectivity index (χ2v) is 5.12. The molecule has 0 atom stereocenters. The first-order chi connectivity index (χ1) is 11.5. The Morgan fingerprint density at radius 1 is 1.25 bits per heavy atom. The molecular weight excluding hydrogens is 316 g/mol. The van der Waals surface area contributed by atoms with Crippen LogP contribution in [0.2, 0.25) is 0 Å². The number of aromatic nitrogens is 2. The van der Waals surface area contributed by atoms with E-state index in [0.29, 0.717) is 22.9 Å². The molecule has 0 unspecified atom stereocenters. The Kier molecular flexibility index (Phi) is 4.33. The Labute approximate surface area is 136 Å². The van der Waals surface area contributed by atoms with Gasteiger partial charge in [-0.1, -0.05) is 0 Å². The topological polar surface area (TPSA) is 68.0 Å². The minimum atomic E-state index is -1.02. The molecule has 2 heterocycles. The maximum Gasteiger partial charge on any atom is 0.230 e. The summed E-state index contributed by atoms with van der Waals surface area (Å²) in [6.45, 7) is 1.70. The highest BCUT2D eigenvalue weighted by atomic mass is 19.2. The van der Waals surface area contributed by atoms with Crippen LogP contribution in [0.3, 0.4) is 0 Å². The minimum Gasteiger partial charge on any atom is -0.441 e. The van der Waals surface area contributed by atoms with Gasteiger partial charge < -0.3 is 9.73 Å². The van der Waals surface area contributed by atoms with Gasteiger partial charge in [0, 0.05) is 24.1 Å². The molecule has 0 radical (unpaired) electrons. The Hall–Kier alpha value is -3.09. The first kappa shape index (κ1) is 15.8. The van der Waals surface area contributed by atoms with Crippen molar-refractivity contribution in [2.45, 2.75) is 13.3 Å². The third kappa shape index (κ3) is 3.45. The van der Waals surface area contributed by atoms with E-state index < -0.39 is 17.5 Å². The van der Waals surface area contributed by atoms with Crippen molar-refractivity contribution in [1.82, 2.24) is 9.97 Å². The molecule has 0 aliphatic heterocycles. The van der Waals surface area contributed by atoms with Crippen molar-refractivity contribution in [3.63, 3.8) is 0 Å². The Morgan fingerprint density at radius 3 is 2.79 bits per heavy atom. The summed E-state index contributed by atoms with van der Waals surface area (Å²) in [7, 11) is 0. The highest BCUT2D eigenvalue weighted by Gasteiger charge is 2.15. The lowest BCUT2D eigenvalue weighted by molar-refractivity contribution is -0.115. The number of amides is 1. The lowest BCUT2D eigenvalue weighted by Crippen LogP contribution is -2.15. The Bertz CT molecular complexity index is 879. The fourth-order valence-corrected chi connectivity index (χ4v) is 2.14. The van der Waals surface area contributed by atoms with Crippen molar-refractivity contribution < 1.29 is 18.0 Å². The van der Waals surface area contributed by atoms with Gasteiger partial charge in [0.25, 0.3) is 0 Å². The van der Waals surface area contributed by atoms with Crippen molar-refractivity contribution in [3.05, 3.63) is 65.8 Å². The first-order valence-electron chi connectivity index (χ1n) is 7.14. The molecule has 2 aromatic heterocycles. The Morgan fingerprint density at radius 2 is 2.08 bits per heavy atom. The van der Waals surface area contributed by atoms with Crippen LogP contribution < -0.4 is 5.32 Å². The van der Waals surface area contributed by atoms with Crippen LogP contribution in [0.4, 0.5) is 14.5 Å². The summed E-state index contributed by atoms with van der Waals surface area (Å²) in [5.41, 5.74) is 1.34. The van der Waals surface area contributed by atoms with Crippen LogP contribution in [-0.4, -0.2) is 15.9 Å². The molecular formula is C17H13F2N3O2. The molecule has 7 heteroatoms. The van der Waals surface area contributed by atoms with E-state index in [4.69, 9.17) is 4.42 Å². The fraction of sp³-hybridized carbons (Fsp3) is 0.118. The molecule has 0 saturated carbocycles. The SMILES string of the molecule is Cc1oc(-c2cccnc2)nc1CC(=O)Nc1ccc(F)c(F)c1. The molecule has 1 aromatic carbocycles. The number of rotatable bonds is 4. The van der Waals surface area contributed by atoms with E-state index in [1.54, 1.807) is 31.5 Å². The van der Waals surface area contributed by atoms with Gasteiger partial charge in [0.05, 0.1) is 17.7 Å². The number of aryl methyl sites for hydroxylation is 1. The van der Waals surface area contributed by atoms with Gasteiger partial charge in [-0.3, -0.25) is 9.78 Å². The normalized spacial score (nSPS) is 10.6. The zero-order chi connectivity index (χ0) is 17.1. The number of hydrogen-bond donors (Lipinski definition) is 1. The van der Waals surface area contributed by atoms with Crippen LogP contribution in [0.1, 0.15) is 11.5 Å². The van der Waals surface area contributed by atoms with E-state index in [-0.39, 0.29) is 12.1 Å². The van der Waals surface area contributed by atoms with Crippen LogP contribution in [0.5, 0.6) is 0 Å². The summed E-state index contributed by atoms with van der Waals surface area (Å²) in [6, 6.07) is 6.71. The second-order valence-electron chi connectivity index (χ2n) is 5.12. The van der Waals surface area contributed by atoms with Gasteiger partial charge in [0.1, 0.15) is 5.76 Å². The lowest BCUT2D eigenvalue weighted by atomic mass is 10.2. The quantitative estimate of drug-likeness (QED) is 0.795. The van der Waals surface area contributed by atoms with E-state index in [2.05, 4.69) is 15.3 Å². The molecule has 0 saturated heterocycles. The summed E-state index contributed by atoms with van der Waals surface area (Å²) in [5, 5.41) is 2.50. The van der Waals surface area contributed by atoms with Crippen LogP contribution >= 0.6 is 0 Å². The average molecular weight is 329 g/mol. The van der Waals surface area contributed by atoms with E-state index in [1.807, 2.05) is 0 Å². The van der Waals surface area contributed by atoms with Crippen molar-refractivity contribution in [2.24, 2.45) is 0 Å². The summed E-state index contributed by atoms with van der Waals surface area (Å²) in [4.78, 5) is 20.3. The van der Waals surface area contributed by atoms with Gasteiger partial charge >= 0.3 is 0 Å². The number of oxazole rings is 1. The monoisotopic (exact) mass is 329 g/mol. The molecule has 0 fully saturated rings. The van der Waals surface area contributed by atoms with Crippen molar-refractivity contribution in [1.29, 1.82) is 0 Å². The zero-order valence-electron chi connectivity index (χ0n) is 12.7. The smallest absolute Gasteiger partial charge is 0.230 e. The van der Waals surface area contributed by atoms with Gasteiger partial charge in [-0.2, -0.15) is 0 Å². The molecule has 3 rings (SSSR count). The number of carbonyl (C=O) groups is 1. The van der Waals surface area contributed by atoms with Gasteiger partial charge in [0.2, 0.25) is 11.8 Å². The van der Waals surface area contributed by atoms with E-state index in [1.165, 1.54) is 6.07 Å². The van der Waals surface area contributed by atoms with E-state index in [9.17, 15) is 13.6 Å². The largest absolute Gasteiger partial charge is 0.441 e. The number of anilines is 1. The molecule has 24 heavy (non-hydrogen) atoms. The summed E-state index contributed by atoms with van der Waals surface area (Å²) in [5.74, 6) is -1.52. The van der Waals surface area contributed by atoms with Crippen molar-refractivity contribution in [2.75, 3.05) is 5.32 Å². The third-order valence-electron chi connectivity index (χ3n) is 3.33. The maximum atomic E-state index is 13.2. The van der Waals surface area contributed by atoms with Gasteiger partial charge in [-0.25, -0.2) is 13.8 Å². The van der Waals surface area contributed by atoms with Crippen LogP contribution in [0.25, 0.3) is 11.5 Å². The number of pyridine rings is 1. The third-order valence-corrected chi connectivity index (χ3v) is 3.33. The predicted octanol–water partition coefficient (Wildman–Crippen LogP) is 3.50. The Balaban J connectivity index is 1.72. The molecule has 0 aliphatic rings. The number of hydrogen-bond acceptors (Lipinski definition) is 4. The number of nitrogens with zero attached hydrogens (tertiary/aromatic N) is 2. The fourth-order valence-electron chi connectivity index (χ4n) is 2.14. The molecule has 1 amide bonds. The summed E-state index contributed by atoms with van der Waals surface area (Å²) >= 11 is 0. The molecule has 0 spiro atoms. The number of carbonyl (C=O) groups excluding carboxylic acids is 1. The van der Waals surface area contributed by atoms with Crippen molar-refractivity contribution >= 4 is 11.6 Å². The highest BCUT2D eigenvalue weighted by molar-refractivity contribution is 5.92. The van der Waals surface area contributed by atoms with E-state index in [0.717, 1.165) is 12.1 Å². The summed E-state index contributed by atoms with van der Waals surface area (Å²) < 4.78 is 31.6. The van der Waals surface area contributed by atoms with Crippen LogP contribution in [0, 0.1) is 18.6 Å².